The number of aromatic nitrogens is 1. The summed E-state index contributed by atoms with van der Waals surface area (Å²) in [4.78, 5) is 24.0. The first-order chi connectivity index (χ1) is 12.2. The van der Waals surface area contributed by atoms with Gasteiger partial charge in [0.15, 0.2) is 0 Å². The zero-order chi connectivity index (χ0) is 18.9. The van der Waals surface area contributed by atoms with Crippen molar-refractivity contribution in [2.45, 2.75) is 12.7 Å². The molecule has 1 N–H and O–H groups in total. The number of benzene rings is 2. The van der Waals surface area contributed by atoms with E-state index in [9.17, 15) is 22.8 Å². The molecule has 3 aromatic rings. The fraction of sp³-hybridized carbons (Fsp3) is 0.111. The van der Waals surface area contributed by atoms with Gasteiger partial charge in [-0.25, -0.2) is 0 Å². The molecule has 0 unspecified atom stereocenters. The van der Waals surface area contributed by atoms with Crippen molar-refractivity contribution in [2.75, 3.05) is 5.32 Å². The molecule has 8 heteroatoms. The summed E-state index contributed by atoms with van der Waals surface area (Å²) < 4.78 is 39.2. The third-order valence-corrected chi connectivity index (χ3v) is 3.99. The maximum Gasteiger partial charge on any atom is 0.417 e. The van der Waals surface area contributed by atoms with E-state index in [0.29, 0.717) is 22.5 Å². The normalized spacial score (nSPS) is 11.5. The number of fused-ring (bicyclic) bond motifs is 1. The van der Waals surface area contributed by atoms with Gasteiger partial charge >= 0.3 is 6.18 Å². The van der Waals surface area contributed by atoms with E-state index in [2.05, 4.69) is 5.32 Å². The second kappa shape index (κ2) is 6.84. The first-order valence-electron chi connectivity index (χ1n) is 7.50. The fourth-order valence-corrected chi connectivity index (χ4v) is 2.72. The van der Waals surface area contributed by atoms with E-state index >= 15 is 0 Å². The van der Waals surface area contributed by atoms with Gasteiger partial charge in [-0.2, -0.15) is 13.2 Å². The zero-order valence-electron chi connectivity index (χ0n) is 13.2. The van der Waals surface area contributed by atoms with E-state index in [-0.39, 0.29) is 0 Å². The summed E-state index contributed by atoms with van der Waals surface area (Å²) in [5.41, 5.74) is -1.49. The molecule has 0 saturated carbocycles. The molecule has 0 saturated heterocycles. The molecule has 0 radical (unpaired) electrons. The molecule has 0 aliphatic heterocycles. The standard InChI is InChI=1S/C18H12ClF3N2O2/c19-15-8-13(18(20,21)22)9-24(17(15)26)10-16(25)23-14-6-5-11-3-1-2-4-12(11)7-14/h1-9H,10H2,(H,23,25). The Balaban J connectivity index is 1.83. The lowest BCUT2D eigenvalue weighted by molar-refractivity contribution is -0.138. The number of hydrogen-bond acceptors (Lipinski definition) is 2. The molecule has 0 spiro atoms. The predicted octanol–water partition coefficient (Wildman–Crippen LogP) is 4.31. The first kappa shape index (κ1) is 18.0. The van der Waals surface area contributed by atoms with Crippen molar-refractivity contribution in [3.8, 4) is 0 Å². The number of carbonyl (C=O) groups is 1. The van der Waals surface area contributed by atoms with E-state index < -0.39 is 34.8 Å². The van der Waals surface area contributed by atoms with E-state index in [4.69, 9.17) is 11.6 Å². The van der Waals surface area contributed by atoms with Gasteiger partial charge in [0.2, 0.25) is 5.91 Å². The highest BCUT2D eigenvalue weighted by molar-refractivity contribution is 6.30. The monoisotopic (exact) mass is 380 g/mol. The number of hydrogen-bond donors (Lipinski definition) is 1. The van der Waals surface area contributed by atoms with Gasteiger partial charge in [-0.1, -0.05) is 41.9 Å². The molecule has 1 heterocycles. The Morgan fingerprint density at radius 1 is 1.08 bits per heavy atom. The van der Waals surface area contributed by atoms with Crippen molar-refractivity contribution in [3.63, 3.8) is 0 Å². The van der Waals surface area contributed by atoms with Gasteiger partial charge in [0.05, 0.1) is 5.56 Å². The maximum atomic E-state index is 12.8. The molecule has 0 aliphatic carbocycles. The average Bonchev–Trinajstić information content (AvgIpc) is 2.57. The SMILES string of the molecule is O=C(Cn1cc(C(F)(F)F)cc(Cl)c1=O)Nc1ccc2ccccc2c1. The third kappa shape index (κ3) is 3.88. The highest BCUT2D eigenvalue weighted by Gasteiger charge is 2.32. The molecular weight excluding hydrogens is 369 g/mol. The van der Waals surface area contributed by atoms with Gasteiger partial charge in [-0.15, -0.1) is 0 Å². The zero-order valence-corrected chi connectivity index (χ0v) is 13.9. The van der Waals surface area contributed by atoms with Crippen molar-refractivity contribution < 1.29 is 18.0 Å². The van der Waals surface area contributed by atoms with Crippen LogP contribution in [0.2, 0.25) is 5.02 Å². The largest absolute Gasteiger partial charge is 0.417 e. The molecule has 3 rings (SSSR count). The molecule has 134 valence electrons. The summed E-state index contributed by atoms with van der Waals surface area (Å²) in [6.45, 7) is -0.588. The van der Waals surface area contributed by atoms with Crippen molar-refractivity contribution in [2.24, 2.45) is 0 Å². The summed E-state index contributed by atoms with van der Waals surface area (Å²) in [5, 5.41) is 3.84. The Bertz CT molecular complexity index is 1040. The highest BCUT2D eigenvalue weighted by Crippen LogP contribution is 2.29. The minimum atomic E-state index is -4.67. The Morgan fingerprint density at radius 3 is 2.46 bits per heavy atom. The number of rotatable bonds is 3. The van der Waals surface area contributed by atoms with Crippen LogP contribution in [0.5, 0.6) is 0 Å². The van der Waals surface area contributed by atoms with E-state index in [1.807, 2.05) is 24.3 Å². The van der Waals surface area contributed by atoms with Crippen LogP contribution in [0.15, 0.2) is 59.5 Å². The maximum absolute atomic E-state index is 12.8. The van der Waals surface area contributed by atoms with Gasteiger partial charge in [0.25, 0.3) is 5.56 Å². The van der Waals surface area contributed by atoms with Crippen molar-refractivity contribution >= 4 is 34.0 Å². The number of anilines is 1. The average molecular weight is 381 g/mol. The molecule has 0 bridgehead atoms. The van der Waals surface area contributed by atoms with E-state index in [1.54, 1.807) is 18.2 Å². The second-order valence-corrected chi connectivity index (χ2v) is 6.02. The molecule has 2 aromatic carbocycles. The lowest BCUT2D eigenvalue weighted by atomic mass is 10.1. The topological polar surface area (TPSA) is 51.1 Å². The summed E-state index contributed by atoms with van der Waals surface area (Å²) in [5.74, 6) is -0.641. The lowest BCUT2D eigenvalue weighted by Crippen LogP contribution is -2.29. The van der Waals surface area contributed by atoms with E-state index in [0.717, 1.165) is 10.8 Å². The van der Waals surface area contributed by atoms with Crippen LogP contribution in [-0.4, -0.2) is 10.5 Å². The summed E-state index contributed by atoms with van der Waals surface area (Å²) in [6.07, 6.45) is -4.10. The number of halogens is 4. The van der Waals surface area contributed by atoms with Gasteiger partial charge in [-0.3, -0.25) is 9.59 Å². The van der Waals surface area contributed by atoms with Crippen LogP contribution in [0.1, 0.15) is 5.56 Å². The van der Waals surface area contributed by atoms with Crippen LogP contribution in [0.3, 0.4) is 0 Å². The number of pyridine rings is 1. The number of nitrogens with zero attached hydrogens (tertiary/aromatic N) is 1. The Hall–Kier alpha value is -2.80. The minimum Gasteiger partial charge on any atom is -0.325 e. The lowest BCUT2D eigenvalue weighted by Gasteiger charge is -2.12. The highest BCUT2D eigenvalue weighted by atomic mass is 35.5. The van der Waals surface area contributed by atoms with Gasteiger partial charge in [-0.05, 0) is 29.0 Å². The minimum absolute atomic E-state index is 0.472. The Labute approximate surface area is 150 Å². The quantitative estimate of drug-likeness (QED) is 0.736. The van der Waals surface area contributed by atoms with Crippen molar-refractivity contribution in [1.82, 2.24) is 4.57 Å². The van der Waals surface area contributed by atoms with Gasteiger partial charge in [0, 0.05) is 11.9 Å². The molecular formula is C18H12ClF3N2O2. The molecule has 4 nitrogen and oxygen atoms in total. The smallest absolute Gasteiger partial charge is 0.325 e. The molecule has 1 aromatic heterocycles. The summed E-state index contributed by atoms with van der Waals surface area (Å²) in [6, 6.07) is 13.2. The molecule has 0 atom stereocenters. The third-order valence-electron chi connectivity index (χ3n) is 3.72. The second-order valence-electron chi connectivity index (χ2n) is 5.62. The van der Waals surface area contributed by atoms with Crippen LogP contribution in [0.4, 0.5) is 18.9 Å². The van der Waals surface area contributed by atoms with Crippen LogP contribution in [0, 0.1) is 0 Å². The van der Waals surface area contributed by atoms with Crippen LogP contribution >= 0.6 is 11.6 Å². The van der Waals surface area contributed by atoms with Crippen LogP contribution < -0.4 is 10.9 Å². The molecule has 1 amide bonds. The Morgan fingerprint density at radius 2 is 1.77 bits per heavy atom. The predicted molar refractivity (Wildman–Crippen MR) is 93.3 cm³/mol. The number of nitrogens with one attached hydrogen (secondary N) is 1. The van der Waals surface area contributed by atoms with Crippen molar-refractivity contribution in [1.29, 1.82) is 0 Å². The van der Waals surface area contributed by atoms with E-state index in [1.165, 1.54) is 0 Å². The van der Waals surface area contributed by atoms with Crippen LogP contribution in [0.25, 0.3) is 10.8 Å². The van der Waals surface area contributed by atoms with Crippen molar-refractivity contribution in [3.05, 3.63) is 75.7 Å². The fourth-order valence-electron chi connectivity index (χ4n) is 2.49. The van der Waals surface area contributed by atoms with Crippen LogP contribution in [-0.2, 0) is 17.5 Å². The summed E-state index contributed by atoms with van der Waals surface area (Å²) in [7, 11) is 0. The van der Waals surface area contributed by atoms with Gasteiger partial charge in [0.1, 0.15) is 11.6 Å². The number of carbonyl (C=O) groups excluding carboxylic acids is 1. The summed E-state index contributed by atoms with van der Waals surface area (Å²) >= 11 is 5.57. The Kier molecular flexibility index (Phi) is 4.73. The molecule has 0 fully saturated rings. The number of alkyl halides is 3. The number of amides is 1. The molecule has 0 aliphatic rings. The molecule has 26 heavy (non-hydrogen) atoms. The first-order valence-corrected chi connectivity index (χ1v) is 7.88. The van der Waals surface area contributed by atoms with Gasteiger partial charge < -0.3 is 9.88 Å².